The number of hydrogen-bond acceptors (Lipinski definition) is 2. The highest BCUT2D eigenvalue weighted by molar-refractivity contribution is 6.42. The summed E-state index contributed by atoms with van der Waals surface area (Å²) in [5.74, 6) is -0.608. The molecule has 1 aromatic heterocycles. The largest absolute Gasteiger partial charge is 0.478 e. The number of halogens is 2. The second kappa shape index (κ2) is 5.29. The van der Waals surface area contributed by atoms with Gasteiger partial charge in [-0.25, -0.2) is 4.79 Å². The first kappa shape index (κ1) is 12.7. The first-order valence-corrected chi connectivity index (χ1v) is 5.77. The average Bonchev–Trinajstić information content (AvgIpc) is 2.82. The van der Waals surface area contributed by atoms with Gasteiger partial charge in [0, 0.05) is 0 Å². The van der Waals surface area contributed by atoms with Crippen molar-refractivity contribution in [1.82, 2.24) is 0 Å². The van der Waals surface area contributed by atoms with Crippen LogP contribution in [0.4, 0.5) is 0 Å². The van der Waals surface area contributed by atoms with Crippen molar-refractivity contribution in [3.63, 3.8) is 0 Å². The molecular weight excluding hydrogens is 275 g/mol. The summed E-state index contributed by atoms with van der Waals surface area (Å²) in [6, 6.07) is 8.00. The topological polar surface area (TPSA) is 50.4 Å². The van der Waals surface area contributed by atoms with Crippen LogP contribution in [0.3, 0.4) is 0 Å². The van der Waals surface area contributed by atoms with E-state index in [-0.39, 0.29) is 5.57 Å². The maximum atomic E-state index is 11.2. The van der Waals surface area contributed by atoms with Crippen LogP contribution in [0.2, 0.25) is 10.0 Å². The number of rotatable bonds is 3. The normalized spacial score (nSPS) is 11.6. The molecule has 0 bridgehead atoms. The number of aliphatic carboxylic acids is 1. The van der Waals surface area contributed by atoms with Crippen molar-refractivity contribution in [2.24, 2.45) is 0 Å². The minimum absolute atomic E-state index is 0.0866. The van der Waals surface area contributed by atoms with E-state index in [1.54, 1.807) is 24.3 Å². The van der Waals surface area contributed by atoms with E-state index in [0.717, 1.165) is 0 Å². The quantitative estimate of drug-likeness (QED) is 0.858. The van der Waals surface area contributed by atoms with Crippen LogP contribution in [0.25, 0.3) is 11.6 Å². The second-order valence-corrected chi connectivity index (χ2v) is 4.32. The molecule has 0 radical (unpaired) electrons. The van der Waals surface area contributed by atoms with Crippen molar-refractivity contribution in [2.45, 2.75) is 0 Å². The van der Waals surface area contributed by atoms with Crippen LogP contribution in [-0.4, -0.2) is 11.1 Å². The SMILES string of the molecule is O=C(O)/C(=C\c1ccco1)c1ccc(Cl)c(Cl)c1. The minimum Gasteiger partial charge on any atom is -0.478 e. The molecule has 1 aromatic carbocycles. The zero-order valence-corrected chi connectivity index (χ0v) is 10.6. The lowest BCUT2D eigenvalue weighted by Gasteiger charge is -2.04. The Morgan fingerprint density at radius 2 is 2.00 bits per heavy atom. The highest BCUT2D eigenvalue weighted by atomic mass is 35.5. The van der Waals surface area contributed by atoms with E-state index in [2.05, 4.69) is 0 Å². The minimum atomic E-state index is -1.07. The van der Waals surface area contributed by atoms with Gasteiger partial charge >= 0.3 is 5.97 Å². The van der Waals surface area contributed by atoms with Gasteiger partial charge in [-0.1, -0.05) is 29.3 Å². The molecule has 92 valence electrons. The molecular formula is C13H8Cl2O3. The van der Waals surface area contributed by atoms with E-state index < -0.39 is 5.97 Å². The van der Waals surface area contributed by atoms with Crippen molar-refractivity contribution in [2.75, 3.05) is 0 Å². The Labute approximate surface area is 113 Å². The molecule has 0 saturated carbocycles. The van der Waals surface area contributed by atoms with Crippen LogP contribution in [0, 0.1) is 0 Å². The summed E-state index contributed by atoms with van der Waals surface area (Å²) in [4.78, 5) is 11.2. The molecule has 0 amide bonds. The molecule has 0 aliphatic carbocycles. The van der Waals surface area contributed by atoms with E-state index in [9.17, 15) is 9.90 Å². The molecule has 2 aromatic rings. The molecule has 0 saturated heterocycles. The predicted molar refractivity (Wildman–Crippen MR) is 70.7 cm³/mol. The Morgan fingerprint density at radius 1 is 1.22 bits per heavy atom. The van der Waals surface area contributed by atoms with Gasteiger partial charge in [0.2, 0.25) is 0 Å². The highest BCUT2D eigenvalue weighted by Crippen LogP contribution is 2.27. The van der Waals surface area contributed by atoms with Crippen LogP contribution in [-0.2, 0) is 4.79 Å². The zero-order valence-electron chi connectivity index (χ0n) is 9.06. The smallest absolute Gasteiger partial charge is 0.336 e. The molecule has 0 atom stereocenters. The summed E-state index contributed by atoms with van der Waals surface area (Å²) in [6.45, 7) is 0. The molecule has 0 spiro atoms. The van der Waals surface area contributed by atoms with E-state index in [1.165, 1.54) is 18.4 Å². The maximum absolute atomic E-state index is 11.2. The molecule has 3 nitrogen and oxygen atoms in total. The molecule has 0 unspecified atom stereocenters. The number of furan rings is 1. The third kappa shape index (κ3) is 2.75. The third-order valence-corrected chi connectivity index (χ3v) is 3.03. The molecule has 1 N–H and O–H groups in total. The van der Waals surface area contributed by atoms with Gasteiger partial charge in [-0.05, 0) is 35.9 Å². The molecule has 2 rings (SSSR count). The summed E-state index contributed by atoms with van der Waals surface area (Å²) >= 11 is 11.7. The predicted octanol–water partition coefficient (Wildman–Crippen LogP) is 4.21. The number of hydrogen-bond donors (Lipinski definition) is 1. The number of carboxylic acids is 1. The fraction of sp³-hybridized carbons (Fsp3) is 0. The number of carboxylic acid groups (broad SMARTS) is 1. The molecule has 0 aliphatic rings. The maximum Gasteiger partial charge on any atom is 0.336 e. The first-order valence-electron chi connectivity index (χ1n) is 5.02. The standard InChI is InChI=1S/C13H8Cl2O3/c14-11-4-3-8(6-12(11)15)10(13(16)17)7-9-2-1-5-18-9/h1-7H,(H,16,17)/b10-7-. The van der Waals surface area contributed by atoms with Gasteiger partial charge in [-0.2, -0.15) is 0 Å². The van der Waals surface area contributed by atoms with Crippen molar-refractivity contribution < 1.29 is 14.3 Å². The lowest BCUT2D eigenvalue weighted by molar-refractivity contribution is -0.130. The third-order valence-electron chi connectivity index (χ3n) is 2.29. The molecule has 18 heavy (non-hydrogen) atoms. The summed E-state index contributed by atoms with van der Waals surface area (Å²) in [5, 5.41) is 9.88. The summed E-state index contributed by atoms with van der Waals surface area (Å²) in [7, 11) is 0. The van der Waals surface area contributed by atoms with Crippen molar-refractivity contribution >= 4 is 40.8 Å². The second-order valence-electron chi connectivity index (χ2n) is 3.51. The van der Waals surface area contributed by atoms with E-state index in [0.29, 0.717) is 21.4 Å². The average molecular weight is 283 g/mol. The first-order chi connectivity index (χ1) is 8.58. The molecule has 1 heterocycles. The van der Waals surface area contributed by atoms with Gasteiger partial charge in [0.15, 0.2) is 0 Å². The summed E-state index contributed by atoms with van der Waals surface area (Å²) in [5.41, 5.74) is 0.553. The van der Waals surface area contributed by atoms with Crippen molar-refractivity contribution in [3.8, 4) is 0 Å². The van der Waals surface area contributed by atoms with E-state index in [1.807, 2.05) is 0 Å². The number of benzene rings is 1. The molecule has 0 aliphatic heterocycles. The lowest BCUT2D eigenvalue weighted by Crippen LogP contribution is -1.99. The highest BCUT2D eigenvalue weighted by Gasteiger charge is 2.12. The Bertz CT molecular complexity index is 601. The van der Waals surface area contributed by atoms with E-state index >= 15 is 0 Å². The van der Waals surface area contributed by atoms with Crippen molar-refractivity contribution in [1.29, 1.82) is 0 Å². The van der Waals surface area contributed by atoms with Crippen LogP contribution in [0.15, 0.2) is 41.0 Å². The number of carbonyl (C=O) groups is 1. The van der Waals surface area contributed by atoms with Crippen LogP contribution < -0.4 is 0 Å². The summed E-state index contributed by atoms with van der Waals surface area (Å²) < 4.78 is 5.09. The van der Waals surface area contributed by atoms with Gasteiger partial charge in [0.1, 0.15) is 5.76 Å². The van der Waals surface area contributed by atoms with Gasteiger partial charge in [-0.15, -0.1) is 0 Å². The molecule has 5 heteroatoms. The fourth-order valence-electron chi connectivity index (χ4n) is 1.45. The Morgan fingerprint density at radius 3 is 2.56 bits per heavy atom. The van der Waals surface area contributed by atoms with Crippen LogP contribution in [0.5, 0.6) is 0 Å². The van der Waals surface area contributed by atoms with E-state index in [4.69, 9.17) is 27.6 Å². The van der Waals surface area contributed by atoms with Crippen molar-refractivity contribution in [3.05, 3.63) is 58.0 Å². The van der Waals surface area contributed by atoms with Gasteiger partial charge < -0.3 is 9.52 Å². The monoisotopic (exact) mass is 282 g/mol. The van der Waals surface area contributed by atoms with Gasteiger partial charge in [0.05, 0.1) is 21.9 Å². The van der Waals surface area contributed by atoms with Gasteiger partial charge in [0.25, 0.3) is 0 Å². The lowest BCUT2D eigenvalue weighted by atomic mass is 10.1. The van der Waals surface area contributed by atoms with Gasteiger partial charge in [-0.3, -0.25) is 0 Å². The molecule has 0 fully saturated rings. The summed E-state index contributed by atoms with van der Waals surface area (Å²) in [6.07, 6.45) is 2.90. The fourth-order valence-corrected chi connectivity index (χ4v) is 1.75. The Hall–Kier alpha value is -1.71. The Kier molecular flexibility index (Phi) is 3.75. The Balaban J connectivity index is 2.48. The van der Waals surface area contributed by atoms with Crippen LogP contribution in [0.1, 0.15) is 11.3 Å². The zero-order chi connectivity index (χ0) is 13.1. The van der Waals surface area contributed by atoms with Crippen LogP contribution >= 0.6 is 23.2 Å².